The van der Waals surface area contributed by atoms with Crippen molar-refractivity contribution in [3.63, 3.8) is 0 Å². The van der Waals surface area contributed by atoms with E-state index in [4.69, 9.17) is 0 Å². The molecule has 1 saturated carbocycles. The quantitative estimate of drug-likeness (QED) is 0.892. The van der Waals surface area contributed by atoms with Gasteiger partial charge in [0.05, 0.1) is 17.3 Å². The van der Waals surface area contributed by atoms with Crippen LogP contribution in [0.4, 0.5) is 24.5 Å². The molecular formula is C15H21F3N2. The van der Waals surface area contributed by atoms with Crippen LogP contribution in [-0.2, 0) is 0 Å². The van der Waals surface area contributed by atoms with Gasteiger partial charge < -0.3 is 10.2 Å². The van der Waals surface area contributed by atoms with Crippen molar-refractivity contribution in [2.75, 3.05) is 24.3 Å². The van der Waals surface area contributed by atoms with Crippen LogP contribution in [0, 0.1) is 5.92 Å². The van der Waals surface area contributed by atoms with E-state index in [9.17, 15) is 13.2 Å². The summed E-state index contributed by atoms with van der Waals surface area (Å²) in [6, 6.07) is 7.62. The van der Waals surface area contributed by atoms with Gasteiger partial charge in [-0.05, 0) is 31.4 Å². The van der Waals surface area contributed by atoms with Crippen molar-refractivity contribution in [3.8, 4) is 0 Å². The molecular weight excluding hydrogens is 265 g/mol. The van der Waals surface area contributed by atoms with Gasteiger partial charge in [-0.15, -0.1) is 0 Å². The number of rotatable bonds is 3. The van der Waals surface area contributed by atoms with E-state index in [0.29, 0.717) is 6.42 Å². The standard InChI is InChI=1S/C15H21F3N2/c1-20(2)14-9-4-3-8-13(14)19-12-7-5-6-11(10-12)15(16,17)18/h3-4,8-9,11-12,19H,5-7,10H2,1-2H3. The van der Waals surface area contributed by atoms with Gasteiger partial charge in [-0.3, -0.25) is 0 Å². The summed E-state index contributed by atoms with van der Waals surface area (Å²) < 4.78 is 38.5. The second-order valence-electron chi connectivity index (χ2n) is 5.66. The molecule has 1 aliphatic rings. The normalized spacial score (nSPS) is 23.4. The molecule has 1 fully saturated rings. The third-order valence-corrected chi connectivity index (χ3v) is 3.88. The lowest BCUT2D eigenvalue weighted by molar-refractivity contribution is -0.182. The lowest BCUT2D eigenvalue weighted by atomic mass is 9.85. The van der Waals surface area contributed by atoms with Gasteiger partial charge in [0.15, 0.2) is 0 Å². The number of halogens is 3. The molecule has 20 heavy (non-hydrogen) atoms. The first kappa shape index (κ1) is 15.0. The zero-order chi connectivity index (χ0) is 14.8. The van der Waals surface area contributed by atoms with E-state index in [1.165, 1.54) is 0 Å². The molecule has 1 aromatic rings. The molecule has 1 aromatic carbocycles. The molecule has 0 saturated heterocycles. The Labute approximate surface area is 118 Å². The van der Waals surface area contributed by atoms with Gasteiger partial charge in [0.1, 0.15) is 0 Å². The molecule has 1 aliphatic carbocycles. The molecule has 0 bridgehead atoms. The molecule has 0 heterocycles. The van der Waals surface area contributed by atoms with Gasteiger partial charge in [0.2, 0.25) is 0 Å². The van der Waals surface area contributed by atoms with Crippen LogP contribution < -0.4 is 10.2 Å². The van der Waals surface area contributed by atoms with Gasteiger partial charge in [0, 0.05) is 20.1 Å². The van der Waals surface area contributed by atoms with E-state index in [2.05, 4.69) is 5.32 Å². The topological polar surface area (TPSA) is 15.3 Å². The SMILES string of the molecule is CN(C)c1ccccc1NC1CCCC(C(F)(F)F)C1. The van der Waals surface area contributed by atoms with E-state index in [-0.39, 0.29) is 18.9 Å². The highest BCUT2D eigenvalue weighted by molar-refractivity contribution is 5.69. The van der Waals surface area contributed by atoms with Crippen LogP contribution in [0.2, 0.25) is 0 Å². The first-order valence-electron chi connectivity index (χ1n) is 6.97. The van der Waals surface area contributed by atoms with E-state index in [1.807, 2.05) is 43.3 Å². The number of hydrogen-bond acceptors (Lipinski definition) is 2. The Morgan fingerprint density at radius 1 is 1.15 bits per heavy atom. The lowest BCUT2D eigenvalue weighted by Gasteiger charge is -2.32. The molecule has 5 heteroatoms. The van der Waals surface area contributed by atoms with Crippen molar-refractivity contribution in [2.45, 2.75) is 37.9 Å². The van der Waals surface area contributed by atoms with Crippen molar-refractivity contribution < 1.29 is 13.2 Å². The van der Waals surface area contributed by atoms with Crippen molar-refractivity contribution in [1.29, 1.82) is 0 Å². The van der Waals surface area contributed by atoms with Gasteiger partial charge >= 0.3 is 6.18 Å². The third kappa shape index (κ3) is 3.58. The first-order valence-corrected chi connectivity index (χ1v) is 6.97. The molecule has 1 N–H and O–H groups in total. The van der Waals surface area contributed by atoms with E-state index >= 15 is 0 Å². The van der Waals surface area contributed by atoms with Crippen molar-refractivity contribution in [3.05, 3.63) is 24.3 Å². The fourth-order valence-electron chi connectivity index (χ4n) is 2.82. The highest BCUT2D eigenvalue weighted by atomic mass is 19.4. The summed E-state index contributed by atoms with van der Waals surface area (Å²) in [6.45, 7) is 0. The Morgan fingerprint density at radius 3 is 2.50 bits per heavy atom. The van der Waals surface area contributed by atoms with E-state index < -0.39 is 12.1 Å². The van der Waals surface area contributed by atoms with Crippen molar-refractivity contribution in [1.82, 2.24) is 0 Å². The summed E-state index contributed by atoms with van der Waals surface area (Å²) in [7, 11) is 3.86. The largest absolute Gasteiger partial charge is 0.391 e. The van der Waals surface area contributed by atoms with Crippen molar-refractivity contribution >= 4 is 11.4 Å². The number of nitrogens with one attached hydrogen (secondary N) is 1. The third-order valence-electron chi connectivity index (χ3n) is 3.88. The van der Waals surface area contributed by atoms with Gasteiger partial charge in [-0.25, -0.2) is 0 Å². The molecule has 0 aliphatic heterocycles. The second kappa shape index (κ2) is 5.94. The Balaban J connectivity index is 2.07. The van der Waals surface area contributed by atoms with Crippen molar-refractivity contribution in [2.24, 2.45) is 5.92 Å². The van der Waals surface area contributed by atoms with Crippen LogP contribution in [0.5, 0.6) is 0 Å². The van der Waals surface area contributed by atoms with Gasteiger partial charge in [0.25, 0.3) is 0 Å². The fourth-order valence-corrected chi connectivity index (χ4v) is 2.82. The average molecular weight is 286 g/mol. The molecule has 0 aromatic heterocycles. The van der Waals surface area contributed by atoms with Crippen LogP contribution in [0.25, 0.3) is 0 Å². The highest BCUT2D eigenvalue weighted by Gasteiger charge is 2.42. The van der Waals surface area contributed by atoms with Crippen LogP contribution in [0.15, 0.2) is 24.3 Å². The predicted octanol–water partition coefficient (Wildman–Crippen LogP) is 4.29. The minimum absolute atomic E-state index is 0.100. The minimum atomic E-state index is -4.07. The van der Waals surface area contributed by atoms with Crippen LogP contribution in [-0.4, -0.2) is 26.3 Å². The second-order valence-corrected chi connectivity index (χ2v) is 5.66. The zero-order valence-electron chi connectivity index (χ0n) is 11.9. The summed E-state index contributed by atoms with van der Waals surface area (Å²) in [5.41, 5.74) is 1.91. The van der Waals surface area contributed by atoms with Crippen LogP contribution in [0.1, 0.15) is 25.7 Å². The van der Waals surface area contributed by atoms with Crippen LogP contribution in [0.3, 0.4) is 0 Å². The molecule has 112 valence electrons. The van der Waals surface area contributed by atoms with E-state index in [0.717, 1.165) is 17.8 Å². The smallest absolute Gasteiger partial charge is 0.381 e. The van der Waals surface area contributed by atoms with Gasteiger partial charge in [-0.1, -0.05) is 18.6 Å². The Morgan fingerprint density at radius 2 is 1.85 bits per heavy atom. The Bertz CT molecular complexity index is 443. The lowest BCUT2D eigenvalue weighted by Crippen LogP contribution is -2.34. The summed E-state index contributed by atoms with van der Waals surface area (Å²) in [4.78, 5) is 1.96. The number of hydrogen-bond donors (Lipinski definition) is 1. The molecule has 2 atom stereocenters. The molecule has 2 rings (SSSR count). The van der Waals surface area contributed by atoms with Crippen LogP contribution >= 0.6 is 0 Å². The van der Waals surface area contributed by atoms with E-state index in [1.54, 1.807) is 0 Å². The molecule has 0 amide bonds. The first-order chi connectivity index (χ1) is 9.38. The number of para-hydroxylation sites is 2. The van der Waals surface area contributed by atoms with Gasteiger partial charge in [-0.2, -0.15) is 13.2 Å². The summed E-state index contributed by atoms with van der Waals surface area (Å²) in [6.07, 6.45) is -2.20. The number of anilines is 2. The average Bonchev–Trinajstić information content (AvgIpc) is 2.38. The summed E-state index contributed by atoms with van der Waals surface area (Å²) >= 11 is 0. The maximum atomic E-state index is 12.8. The molecule has 2 unspecified atom stereocenters. The Hall–Kier alpha value is -1.39. The number of benzene rings is 1. The monoisotopic (exact) mass is 286 g/mol. The Kier molecular flexibility index (Phi) is 4.45. The maximum Gasteiger partial charge on any atom is 0.391 e. The number of alkyl halides is 3. The fraction of sp³-hybridized carbons (Fsp3) is 0.600. The summed E-state index contributed by atoms with van der Waals surface area (Å²) in [5.74, 6) is -1.17. The molecule has 0 spiro atoms. The predicted molar refractivity (Wildman–Crippen MR) is 76.2 cm³/mol. The zero-order valence-corrected chi connectivity index (χ0v) is 11.9. The summed E-state index contributed by atoms with van der Waals surface area (Å²) in [5, 5.41) is 3.29. The molecule has 0 radical (unpaired) electrons. The minimum Gasteiger partial charge on any atom is -0.381 e. The molecule has 2 nitrogen and oxygen atoms in total. The maximum absolute atomic E-state index is 12.8. The number of nitrogens with zero attached hydrogens (tertiary/aromatic N) is 1. The highest BCUT2D eigenvalue weighted by Crippen LogP contribution is 2.39.